The van der Waals surface area contributed by atoms with Crippen molar-refractivity contribution in [3.63, 3.8) is 0 Å². The first-order chi connectivity index (χ1) is 6.74. The van der Waals surface area contributed by atoms with Crippen LogP contribution >= 0.6 is 0 Å². The van der Waals surface area contributed by atoms with Crippen molar-refractivity contribution in [3.8, 4) is 24.2 Å². The van der Waals surface area contributed by atoms with E-state index in [0.29, 0.717) is 0 Å². The summed E-state index contributed by atoms with van der Waals surface area (Å²) in [6.45, 7) is 7.82. The molecule has 0 aliphatic heterocycles. The summed E-state index contributed by atoms with van der Waals surface area (Å²) in [4.78, 5) is 0. The molecule has 0 aromatic carbocycles. The maximum atomic E-state index is 5.11. The number of hydrogen-bond acceptors (Lipinski definition) is 0. The lowest BCUT2D eigenvalue weighted by Gasteiger charge is -2.14. The molecule has 0 radical (unpaired) electrons. The Morgan fingerprint density at radius 1 is 1.43 bits per heavy atom. The van der Waals surface area contributed by atoms with Crippen LogP contribution in [-0.4, -0.2) is 0 Å². The zero-order chi connectivity index (χ0) is 10.9. The lowest BCUT2D eigenvalue weighted by molar-refractivity contribution is 0.852. The Morgan fingerprint density at radius 2 is 2.14 bits per heavy atom. The molecular formula is C14H16. The van der Waals surface area contributed by atoms with Gasteiger partial charge in [0.25, 0.3) is 0 Å². The molecule has 14 heavy (non-hydrogen) atoms. The molecule has 0 saturated carbocycles. The molecule has 0 heterocycles. The van der Waals surface area contributed by atoms with Gasteiger partial charge in [0.05, 0.1) is 5.41 Å². The molecule has 0 heteroatoms. The monoisotopic (exact) mass is 184 g/mol. The van der Waals surface area contributed by atoms with Crippen molar-refractivity contribution in [1.82, 2.24) is 0 Å². The predicted molar refractivity (Wildman–Crippen MR) is 63.5 cm³/mol. The normalized spacial score (nSPS) is 14.4. The van der Waals surface area contributed by atoms with Crippen molar-refractivity contribution in [3.05, 3.63) is 37.0 Å². The number of allylic oxidation sites excluding steroid dienone is 5. The van der Waals surface area contributed by atoms with Gasteiger partial charge in [0, 0.05) is 0 Å². The van der Waals surface area contributed by atoms with E-state index in [1.807, 2.05) is 25.2 Å². The van der Waals surface area contributed by atoms with E-state index in [9.17, 15) is 0 Å². The summed E-state index contributed by atoms with van der Waals surface area (Å²) in [7, 11) is 0. The first-order valence-electron chi connectivity index (χ1n) is 4.67. The first kappa shape index (κ1) is 12.3. The Kier molecular flexibility index (Phi) is 6.01. The third-order valence-corrected chi connectivity index (χ3v) is 1.76. The van der Waals surface area contributed by atoms with Crippen LogP contribution in [0.15, 0.2) is 37.0 Å². The summed E-state index contributed by atoms with van der Waals surface area (Å²) in [6.07, 6.45) is 15.9. The lowest BCUT2D eigenvalue weighted by atomic mass is 9.87. The van der Waals surface area contributed by atoms with E-state index in [2.05, 4.69) is 37.3 Å². The molecule has 0 bridgehead atoms. The second-order valence-corrected chi connectivity index (χ2v) is 2.84. The van der Waals surface area contributed by atoms with Crippen LogP contribution in [0.5, 0.6) is 0 Å². The number of rotatable bonds is 4. The van der Waals surface area contributed by atoms with Crippen molar-refractivity contribution in [2.45, 2.75) is 20.3 Å². The Labute approximate surface area is 87.4 Å². The Balaban J connectivity index is 5.09. The molecular weight excluding hydrogens is 168 g/mol. The average Bonchev–Trinajstić information content (AvgIpc) is 2.22. The lowest BCUT2D eigenvalue weighted by Crippen LogP contribution is -2.07. The van der Waals surface area contributed by atoms with Gasteiger partial charge in [-0.3, -0.25) is 0 Å². The van der Waals surface area contributed by atoms with Gasteiger partial charge in [0.2, 0.25) is 0 Å². The third kappa shape index (κ3) is 3.83. The Morgan fingerprint density at radius 3 is 2.57 bits per heavy atom. The van der Waals surface area contributed by atoms with Gasteiger partial charge in [-0.2, -0.15) is 0 Å². The van der Waals surface area contributed by atoms with Crippen LogP contribution in [0.3, 0.4) is 0 Å². The summed E-state index contributed by atoms with van der Waals surface area (Å²) >= 11 is 0. The number of terminal acetylenes is 1. The highest BCUT2D eigenvalue weighted by Gasteiger charge is 2.14. The van der Waals surface area contributed by atoms with Crippen LogP contribution < -0.4 is 0 Å². The molecule has 0 aliphatic carbocycles. The summed E-state index contributed by atoms with van der Waals surface area (Å²) in [6, 6.07) is 0. The van der Waals surface area contributed by atoms with Crippen molar-refractivity contribution in [1.29, 1.82) is 0 Å². The fraction of sp³-hybridized carbons (Fsp3) is 0.286. The van der Waals surface area contributed by atoms with Crippen LogP contribution in [0, 0.1) is 29.6 Å². The quantitative estimate of drug-likeness (QED) is 0.464. The minimum Gasteiger partial charge on any atom is -0.106 e. The minimum absolute atomic E-state index is 0.406. The molecule has 0 aromatic rings. The van der Waals surface area contributed by atoms with E-state index in [1.54, 1.807) is 6.08 Å². The molecule has 72 valence electrons. The van der Waals surface area contributed by atoms with Gasteiger partial charge < -0.3 is 0 Å². The van der Waals surface area contributed by atoms with E-state index in [-0.39, 0.29) is 0 Å². The van der Waals surface area contributed by atoms with Crippen LogP contribution in [-0.2, 0) is 0 Å². The Hall–Kier alpha value is -1.66. The molecule has 0 aromatic heterocycles. The van der Waals surface area contributed by atoms with Crippen LogP contribution in [0.4, 0.5) is 0 Å². The van der Waals surface area contributed by atoms with E-state index in [0.717, 1.165) is 6.42 Å². The van der Waals surface area contributed by atoms with Crippen LogP contribution in [0.25, 0.3) is 0 Å². The van der Waals surface area contributed by atoms with Gasteiger partial charge in [-0.25, -0.2) is 0 Å². The summed E-state index contributed by atoms with van der Waals surface area (Å²) in [5.41, 5.74) is -0.406. The zero-order valence-corrected chi connectivity index (χ0v) is 8.88. The van der Waals surface area contributed by atoms with E-state index >= 15 is 0 Å². The summed E-state index contributed by atoms with van der Waals surface area (Å²) < 4.78 is 0. The second-order valence-electron chi connectivity index (χ2n) is 2.84. The number of hydrogen-bond donors (Lipinski definition) is 0. The topological polar surface area (TPSA) is 0 Å². The Bertz CT molecular complexity index is 325. The largest absolute Gasteiger partial charge is 0.106 e. The SMILES string of the molecule is C#CC#CC(C=C)(C=CC)C=CCC. The molecule has 0 fully saturated rings. The second kappa shape index (κ2) is 6.81. The molecule has 0 rings (SSSR count). The highest BCUT2D eigenvalue weighted by molar-refractivity contribution is 5.38. The molecule has 1 unspecified atom stereocenters. The predicted octanol–water partition coefficient (Wildman–Crippen LogP) is 3.34. The zero-order valence-electron chi connectivity index (χ0n) is 8.88. The van der Waals surface area contributed by atoms with Gasteiger partial charge in [-0.1, -0.05) is 43.2 Å². The molecule has 0 saturated heterocycles. The first-order valence-corrected chi connectivity index (χ1v) is 4.67. The van der Waals surface area contributed by atoms with Crippen molar-refractivity contribution >= 4 is 0 Å². The van der Waals surface area contributed by atoms with Gasteiger partial charge in [0.1, 0.15) is 0 Å². The fourth-order valence-corrected chi connectivity index (χ4v) is 1.06. The van der Waals surface area contributed by atoms with E-state index in [4.69, 9.17) is 6.42 Å². The van der Waals surface area contributed by atoms with Crippen molar-refractivity contribution in [2.24, 2.45) is 5.41 Å². The molecule has 0 amide bonds. The standard InChI is InChI=1S/C14H16/c1-5-9-12-14(8-4,11-7-3)13-10-6-2/h1,7-8,10-11,13H,4,6H2,2-3H3. The van der Waals surface area contributed by atoms with Crippen LogP contribution in [0.1, 0.15) is 20.3 Å². The molecule has 0 nitrogen and oxygen atoms in total. The molecule has 0 aliphatic rings. The van der Waals surface area contributed by atoms with Crippen molar-refractivity contribution in [2.75, 3.05) is 0 Å². The average molecular weight is 184 g/mol. The maximum Gasteiger partial charge on any atom is 0.0862 e. The van der Waals surface area contributed by atoms with Crippen LogP contribution in [0.2, 0.25) is 0 Å². The summed E-state index contributed by atoms with van der Waals surface area (Å²) in [5, 5.41) is 0. The fourth-order valence-electron chi connectivity index (χ4n) is 1.06. The smallest absolute Gasteiger partial charge is 0.0862 e. The molecule has 0 N–H and O–H groups in total. The highest BCUT2D eigenvalue weighted by Crippen LogP contribution is 2.22. The van der Waals surface area contributed by atoms with Gasteiger partial charge >= 0.3 is 0 Å². The van der Waals surface area contributed by atoms with Gasteiger partial charge in [-0.15, -0.1) is 13.0 Å². The van der Waals surface area contributed by atoms with Gasteiger partial charge in [-0.05, 0) is 25.2 Å². The highest BCUT2D eigenvalue weighted by atomic mass is 14.2. The molecule has 1 atom stereocenters. The van der Waals surface area contributed by atoms with Gasteiger partial charge in [0.15, 0.2) is 0 Å². The maximum absolute atomic E-state index is 5.11. The van der Waals surface area contributed by atoms with E-state index < -0.39 is 5.41 Å². The third-order valence-electron chi connectivity index (χ3n) is 1.76. The minimum atomic E-state index is -0.406. The molecule has 0 spiro atoms. The van der Waals surface area contributed by atoms with E-state index in [1.165, 1.54) is 0 Å². The van der Waals surface area contributed by atoms with Crippen molar-refractivity contribution < 1.29 is 0 Å². The summed E-state index contributed by atoms with van der Waals surface area (Å²) in [5.74, 6) is 7.94.